The first-order valence-electron chi connectivity index (χ1n) is 11.9. The number of piperazine rings is 1. The van der Waals surface area contributed by atoms with Crippen molar-refractivity contribution in [2.75, 3.05) is 33.0 Å². The summed E-state index contributed by atoms with van der Waals surface area (Å²) in [6, 6.07) is 10.9. The predicted octanol–water partition coefficient (Wildman–Crippen LogP) is 3.72. The second-order valence-corrected chi connectivity index (χ2v) is 9.88. The summed E-state index contributed by atoms with van der Waals surface area (Å²) in [6.07, 6.45) is 1.46. The lowest BCUT2D eigenvalue weighted by atomic mass is 10.1. The Morgan fingerprint density at radius 3 is 2.47 bits per heavy atom. The van der Waals surface area contributed by atoms with E-state index in [1.807, 2.05) is 18.2 Å². The minimum absolute atomic E-state index is 0.0379. The quantitative estimate of drug-likeness (QED) is 0.335. The maximum Gasteiger partial charge on any atom is 0.279 e. The van der Waals surface area contributed by atoms with Crippen molar-refractivity contribution in [2.24, 2.45) is 7.05 Å². The Morgan fingerprint density at radius 1 is 1.00 bits per heavy atom. The van der Waals surface area contributed by atoms with Crippen LogP contribution < -0.4 is 19.7 Å². The molecule has 2 amide bonds. The molecule has 2 aliphatic rings. The maximum atomic E-state index is 13.6. The Bertz CT molecular complexity index is 1370. The van der Waals surface area contributed by atoms with Crippen LogP contribution in [-0.4, -0.2) is 64.4 Å². The maximum absolute atomic E-state index is 13.6. The molecule has 0 unspecified atom stereocenters. The molecule has 0 radical (unpaired) electrons. The topological polar surface area (TPSA) is 106 Å². The third-order valence-electron chi connectivity index (χ3n) is 6.55. The molecule has 1 aromatic heterocycles. The Hall–Kier alpha value is -3.44. The van der Waals surface area contributed by atoms with E-state index in [1.165, 1.54) is 10.8 Å². The molecule has 38 heavy (non-hydrogen) atoms. The molecule has 0 spiro atoms. The summed E-state index contributed by atoms with van der Waals surface area (Å²) in [6.45, 7) is 3.35. The van der Waals surface area contributed by atoms with E-state index in [1.54, 1.807) is 35.6 Å². The second-order valence-electron chi connectivity index (χ2n) is 9.07. The third-order valence-corrected chi connectivity index (χ3v) is 7.29. The summed E-state index contributed by atoms with van der Waals surface area (Å²) in [7, 11) is 1.66. The number of aryl methyl sites for hydroxylation is 1. The molecule has 1 saturated heterocycles. The van der Waals surface area contributed by atoms with Crippen LogP contribution >= 0.6 is 23.2 Å². The summed E-state index contributed by atoms with van der Waals surface area (Å²) < 4.78 is 18.4. The number of hydroxylamine groups is 1. The van der Waals surface area contributed by atoms with Gasteiger partial charge in [-0.3, -0.25) is 19.7 Å². The SMILES string of the molecule is Cn1cc(C(=O)NO)c(OCc2ccc(Cl)c(Cl)c2)c1C(=O)N1CCN(Cc2ccc3c(c2)OCO3)CC1. The molecule has 2 N–H and O–H groups in total. The molecule has 2 aromatic carbocycles. The number of fused-ring (bicyclic) bond motifs is 1. The molecule has 0 saturated carbocycles. The molecule has 2 aliphatic heterocycles. The molecular weight excluding hydrogens is 535 g/mol. The Labute approximate surface area is 229 Å². The number of halogens is 2. The van der Waals surface area contributed by atoms with E-state index in [9.17, 15) is 14.8 Å². The van der Waals surface area contributed by atoms with Crippen LogP contribution in [-0.2, 0) is 20.2 Å². The third kappa shape index (κ3) is 5.39. The number of aromatic nitrogens is 1. The van der Waals surface area contributed by atoms with Gasteiger partial charge in [0.25, 0.3) is 11.8 Å². The standard InChI is InChI=1S/C26H26Cl2N4O6/c1-30-13-18(25(33)29-35)24(36-14-17-2-4-19(27)20(28)10-17)23(30)26(34)32-8-6-31(7-9-32)12-16-3-5-21-22(11-16)38-15-37-21/h2-5,10-11,13,35H,6-9,12,14-15H2,1H3,(H,29,33). The van der Waals surface area contributed by atoms with Crippen molar-refractivity contribution in [3.05, 3.63) is 75.0 Å². The van der Waals surface area contributed by atoms with Crippen molar-refractivity contribution >= 4 is 35.0 Å². The van der Waals surface area contributed by atoms with E-state index in [2.05, 4.69) is 4.90 Å². The lowest BCUT2D eigenvalue weighted by Crippen LogP contribution is -2.48. The van der Waals surface area contributed by atoms with Gasteiger partial charge in [-0.15, -0.1) is 0 Å². The molecule has 3 heterocycles. The van der Waals surface area contributed by atoms with Crippen molar-refractivity contribution in [2.45, 2.75) is 13.2 Å². The van der Waals surface area contributed by atoms with Crippen LogP contribution in [0.3, 0.4) is 0 Å². The molecule has 12 heteroatoms. The van der Waals surface area contributed by atoms with E-state index in [-0.39, 0.29) is 36.3 Å². The molecule has 3 aromatic rings. The van der Waals surface area contributed by atoms with Crippen LogP contribution in [0.15, 0.2) is 42.6 Å². The van der Waals surface area contributed by atoms with E-state index in [0.29, 0.717) is 41.8 Å². The Morgan fingerprint density at radius 2 is 1.74 bits per heavy atom. The van der Waals surface area contributed by atoms with Gasteiger partial charge in [0.05, 0.1) is 10.0 Å². The minimum atomic E-state index is -0.780. The minimum Gasteiger partial charge on any atom is -0.486 e. The summed E-state index contributed by atoms with van der Waals surface area (Å²) >= 11 is 12.1. The summed E-state index contributed by atoms with van der Waals surface area (Å²) in [5.41, 5.74) is 3.69. The number of benzene rings is 2. The fourth-order valence-corrected chi connectivity index (χ4v) is 4.88. The van der Waals surface area contributed by atoms with Gasteiger partial charge >= 0.3 is 0 Å². The smallest absolute Gasteiger partial charge is 0.279 e. The number of carbonyl (C=O) groups is 2. The van der Waals surface area contributed by atoms with Gasteiger partial charge in [0, 0.05) is 46.0 Å². The molecule has 0 bridgehead atoms. The fourth-order valence-electron chi connectivity index (χ4n) is 4.56. The van der Waals surface area contributed by atoms with Gasteiger partial charge in [-0.1, -0.05) is 35.3 Å². The van der Waals surface area contributed by atoms with Crippen LogP contribution in [0.25, 0.3) is 0 Å². The van der Waals surface area contributed by atoms with E-state index in [0.717, 1.165) is 23.6 Å². The summed E-state index contributed by atoms with van der Waals surface area (Å²) in [4.78, 5) is 30.0. The number of carbonyl (C=O) groups excluding carboxylic acids is 2. The van der Waals surface area contributed by atoms with Crippen LogP contribution in [0, 0.1) is 0 Å². The van der Waals surface area contributed by atoms with Crippen molar-refractivity contribution in [1.29, 1.82) is 0 Å². The highest BCUT2D eigenvalue weighted by molar-refractivity contribution is 6.42. The van der Waals surface area contributed by atoms with Crippen molar-refractivity contribution in [1.82, 2.24) is 19.8 Å². The largest absolute Gasteiger partial charge is 0.486 e. The van der Waals surface area contributed by atoms with Crippen molar-refractivity contribution in [3.8, 4) is 17.2 Å². The average Bonchev–Trinajstić information content (AvgIpc) is 3.52. The van der Waals surface area contributed by atoms with Gasteiger partial charge in [-0.05, 0) is 35.4 Å². The first kappa shape index (κ1) is 26.2. The average molecular weight is 561 g/mol. The zero-order valence-electron chi connectivity index (χ0n) is 20.6. The van der Waals surface area contributed by atoms with E-state index >= 15 is 0 Å². The fraction of sp³-hybridized carbons (Fsp3) is 0.308. The van der Waals surface area contributed by atoms with Gasteiger partial charge in [-0.2, -0.15) is 0 Å². The van der Waals surface area contributed by atoms with Gasteiger partial charge in [0.2, 0.25) is 6.79 Å². The first-order chi connectivity index (χ1) is 18.3. The molecule has 0 atom stereocenters. The molecule has 1 fully saturated rings. The van der Waals surface area contributed by atoms with Gasteiger partial charge in [0.1, 0.15) is 17.9 Å². The zero-order valence-corrected chi connectivity index (χ0v) is 22.1. The second kappa shape index (κ2) is 11.1. The highest BCUT2D eigenvalue weighted by Gasteiger charge is 2.31. The van der Waals surface area contributed by atoms with E-state index < -0.39 is 5.91 Å². The number of rotatable bonds is 7. The summed E-state index contributed by atoms with van der Waals surface area (Å²) in [5, 5.41) is 10.0. The van der Waals surface area contributed by atoms with E-state index in [4.69, 9.17) is 37.4 Å². The molecule has 0 aliphatic carbocycles. The number of nitrogens with one attached hydrogen (secondary N) is 1. The molecular formula is C26H26Cl2N4O6. The summed E-state index contributed by atoms with van der Waals surface area (Å²) in [5.74, 6) is 0.529. The number of nitrogens with zero attached hydrogens (tertiary/aromatic N) is 3. The molecule has 200 valence electrons. The van der Waals surface area contributed by atoms with Crippen molar-refractivity contribution in [3.63, 3.8) is 0 Å². The molecule has 5 rings (SSSR count). The van der Waals surface area contributed by atoms with Crippen LogP contribution in [0.4, 0.5) is 0 Å². The highest BCUT2D eigenvalue weighted by atomic mass is 35.5. The number of hydrogen-bond acceptors (Lipinski definition) is 7. The lowest BCUT2D eigenvalue weighted by molar-refractivity contribution is 0.0614. The van der Waals surface area contributed by atoms with Crippen LogP contribution in [0.5, 0.6) is 17.2 Å². The number of ether oxygens (including phenoxy) is 3. The van der Waals surface area contributed by atoms with Crippen LogP contribution in [0.2, 0.25) is 10.0 Å². The Balaban J connectivity index is 1.29. The zero-order chi connectivity index (χ0) is 26.8. The van der Waals surface area contributed by atoms with Crippen LogP contribution in [0.1, 0.15) is 32.0 Å². The normalized spacial score (nSPS) is 15.0. The monoisotopic (exact) mass is 560 g/mol. The lowest BCUT2D eigenvalue weighted by Gasteiger charge is -2.35. The first-order valence-corrected chi connectivity index (χ1v) is 12.7. The van der Waals surface area contributed by atoms with Gasteiger partial charge in [-0.25, -0.2) is 5.48 Å². The Kier molecular flexibility index (Phi) is 7.66. The number of hydrogen-bond donors (Lipinski definition) is 2. The highest BCUT2D eigenvalue weighted by Crippen LogP contribution is 2.33. The van der Waals surface area contributed by atoms with Crippen molar-refractivity contribution < 1.29 is 29.0 Å². The molecule has 10 nitrogen and oxygen atoms in total. The number of amides is 2. The predicted molar refractivity (Wildman–Crippen MR) is 139 cm³/mol. The van der Waals surface area contributed by atoms with Gasteiger partial charge in [0.15, 0.2) is 17.2 Å². The van der Waals surface area contributed by atoms with Gasteiger partial charge < -0.3 is 23.7 Å².